The van der Waals surface area contributed by atoms with Crippen LogP contribution in [-0.2, 0) is 16.6 Å². The molecule has 0 aliphatic carbocycles. The lowest BCUT2D eigenvalue weighted by molar-refractivity contribution is 0.170. The number of hydrogen-bond donors (Lipinski definition) is 2. The zero-order valence-electron chi connectivity index (χ0n) is 14.6. The topological polar surface area (TPSA) is 96.3 Å². The normalized spacial score (nSPS) is 17.7. The van der Waals surface area contributed by atoms with Crippen molar-refractivity contribution in [1.82, 2.24) is 14.5 Å². The van der Waals surface area contributed by atoms with Crippen molar-refractivity contribution in [2.75, 3.05) is 29.4 Å². The van der Waals surface area contributed by atoms with E-state index in [0.717, 1.165) is 25.6 Å². The summed E-state index contributed by atoms with van der Waals surface area (Å²) in [5, 5.41) is 2.85. The molecule has 1 atom stereocenters. The van der Waals surface area contributed by atoms with Crippen molar-refractivity contribution in [2.45, 2.75) is 19.4 Å². The summed E-state index contributed by atoms with van der Waals surface area (Å²) in [5.74, 6) is 0.391. The maximum atomic E-state index is 12.6. The molecule has 0 spiro atoms. The molecule has 2 amide bonds. The van der Waals surface area contributed by atoms with Gasteiger partial charge in [-0.15, -0.1) is 0 Å². The first kappa shape index (κ1) is 18.2. The molecular weight excluding hydrogens is 354 g/mol. The van der Waals surface area contributed by atoms with Gasteiger partial charge >= 0.3 is 6.03 Å². The van der Waals surface area contributed by atoms with Crippen molar-refractivity contribution in [1.29, 1.82) is 0 Å². The monoisotopic (exact) mass is 377 g/mol. The minimum atomic E-state index is -3.36. The first-order chi connectivity index (χ1) is 12.4. The predicted molar refractivity (Wildman–Crippen MR) is 100 cm³/mol. The van der Waals surface area contributed by atoms with Gasteiger partial charge in [-0.2, -0.15) is 0 Å². The number of sulfonamides is 1. The van der Waals surface area contributed by atoms with Crippen LogP contribution in [0.25, 0.3) is 0 Å². The highest BCUT2D eigenvalue weighted by Crippen LogP contribution is 2.21. The van der Waals surface area contributed by atoms with Gasteiger partial charge in [0.2, 0.25) is 10.0 Å². The van der Waals surface area contributed by atoms with Crippen LogP contribution in [0.5, 0.6) is 0 Å². The van der Waals surface area contributed by atoms with Crippen LogP contribution >= 0.6 is 0 Å². The van der Waals surface area contributed by atoms with Gasteiger partial charge in [0.15, 0.2) is 0 Å². The third kappa shape index (κ3) is 5.22. The van der Waals surface area contributed by atoms with Crippen molar-refractivity contribution in [3.05, 3.63) is 43.0 Å². The maximum absolute atomic E-state index is 12.6. The summed E-state index contributed by atoms with van der Waals surface area (Å²) in [5.41, 5.74) is 0.974. The average molecular weight is 377 g/mol. The van der Waals surface area contributed by atoms with Gasteiger partial charge in [0.25, 0.3) is 0 Å². The second-order valence-electron chi connectivity index (χ2n) is 6.60. The van der Waals surface area contributed by atoms with Gasteiger partial charge in [-0.3, -0.25) is 4.72 Å². The van der Waals surface area contributed by atoms with E-state index in [0.29, 0.717) is 30.4 Å². The number of nitrogens with one attached hydrogen (secondary N) is 2. The molecule has 1 aliphatic rings. The molecule has 0 radical (unpaired) electrons. The molecule has 1 aromatic heterocycles. The van der Waals surface area contributed by atoms with Crippen LogP contribution in [-0.4, -0.2) is 48.2 Å². The number of anilines is 2. The smallest absolute Gasteiger partial charge is 0.321 e. The van der Waals surface area contributed by atoms with E-state index in [4.69, 9.17) is 0 Å². The van der Waals surface area contributed by atoms with Crippen LogP contribution in [0, 0.1) is 5.92 Å². The SMILES string of the molecule is CS(=O)(=O)Nc1cccc(NC(=O)N2CCCC(Cn3ccnc3)C2)c1. The molecule has 3 rings (SSSR count). The molecule has 1 unspecified atom stereocenters. The Labute approximate surface area is 153 Å². The Bertz CT molecular complexity index is 851. The minimum Gasteiger partial charge on any atom is -0.337 e. The van der Waals surface area contributed by atoms with Crippen molar-refractivity contribution < 1.29 is 13.2 Å². The highest BCUT2D eigenvalue weighted by atomic mass is 32.2. The lowest BCUT2D eigenvalue weighted by atomic mass is 9.98. The number of aromatic nitrogens is 2. The van der Waals surface area contributed by atoms with Crippen molar-refractivity contribution >= 4 is 27.4 Å². The zero-order chi connectivity index (χ0) is 18.6. The lowest BCUT2D eigenvalue weighted by Crippen LogP contribution is -2.43. The predicted octanol–water partition coefficient (Wildman–Crippen LogP) is 2.20. The van der Waals surface area contributed by atoms with E-state index in [2.05, 4.69) is 15.0 Å². The molecule has 1 fully saturated rings. The van der Waals surface area contributed by atoms with E-state index in [1.165, 1.54) is 0 Å². The number of hydrogen-bond acceptors (Lipinski definition) is 4. The van der Waals surface area contributed by atoms with Gasteiger partial charge in [-0.1, -0.05) is 6.07 Å². The van der Waals surface area contributed by atoms with Gasteiger partial charge in [0, 0.05) is 37.7 Å². The lowest BCUT2D eigenvalue weighted by Gasteiger charge is -2.33. The van der Waals surface area contributed by atoms with Gasteiger partial charge in [-0.05, 0) is 37.0 Å². The Kier molecular flexibility index (Phi) is 5.46. The van der Waals surface area contributed by atoms with E-state index in [-0.39, 0.29) is 6.03 Å². The quantitative estimate of drug-likeness (QED) is 0.835. The molecule has 26 heavy (non-hydrogen) atoms. The van der Waals surface area contributed by atoms with Crippen LogP contribution in [0.1, 0.15) is 12.8 Å². The number of likely N-dealkylation sites (tertiary alicyclic amines) is 1. The molecular formula is C17H23N5O3S. The molecule has 2 heterocycles. The van der Waals surface area contributed by atoms with Crippen LogP contribution < -0.4 is 10.0 Å². The fourth-order valence-electron chi connectivity index (χ4n) is 3.17. The molecule has 0 bridgehead atoms. The average Bonchev–Trinajstić information content (AvgIpc) is 3.07. The van der Waals surface area contributed by atoms with Crippen LogP contribution in [0.3, 0.4) is 0 Å². The molecule has 9 heteroatoms. The number of rotatable bonds is 5. The van der Waals surface area contributed by atoms with E-state index in [1.807, 2.05) is 15.7 Å². The number of amides is 2. The summed E-state index contributed by atoms with van der Waals surface area (Å²) in [4.78, 5) is 18.4. The van der Waals surface area contributed by atoms with E-state index in [9.17, 15) is 13.2 Å². The largest absolute Gasteiger partial charge is 0.337 e. The van der Waals surface area contributed by atoms with Crippen LogP contribution in [0.15, 0.2) is 43.0 Å². The first-order valence-electron chi connectivity index (χ1n) is 8.48. The van der Waals surface area contributed by atoms with Gasteiger partial charge in [0.1, 0.15) is 0 Å². The zero-order valence-corrected chi connectivity index (χ0v) is 15.4. The second-order valence-corrected chi connectivity index (χ2v) is 8.35. The van der Waals surface area contributed by atoms with Crippen molar-refractivity contribution in [2.24, 2.45) is 5.92 Å². The first-order valence-corrected chi connectivity index (χ1v) is 10.4. The van der Waals surface area contributed by atoms with E-state index < -0.39 is 10.0 Å². The number of carbonyl (C=O) groups excluding carboxylic acids is 1. The fraction of sp³-hybridized carbons (Fsp3) is 0.412. The number of benzene rings is 1. The molecule has 0 saturated carbocycles. The summed E-state index contributed by atoms with van der Waals surface area (Å²) in [6.07, 6.45) is 8.61. The number of urea groups is 1. The summed E-state index contributed by atoms with van der Waals surface area (Å²) in [7, 11) is -3.36. The Morgan fingerprint density at radius 2 is 2.15 bits per heavy atom. The van der Waals surface area contributed by atoms with E-state index in [1.54, 1.807) is 36.8 Å². The van der Waals surface area contributed by atoms with Crippen LogP contribution in [0.2, 0.25) is 0 Å². The van der Waals surface area contributed by atoms with Crippen LogP contribution in [0.4, 0.5) is 16.2 Å². The number of imidazole rings is 1. The number of nitrogens with zero attached hydrogens (tertiary/aromatic N) is 3. The van der Waals surface area contributed by atoms with Gasteiger partial charge < -0.3 is 14.8 Å². The second kappa shape index (κ2) is 7.77. The standard InChI is InChI=1S/C17H23N5O3S/c1-26(24,25)20-16-6-2-5-15(10-16)19-17(23)22-8-3-4-14(12-22)11-21-9-7-18-13-21/h2,5-7,9-10,13-14,20H,3-4,8,11-12H2,1H3,(H,19,23). The highest BCUT2D eigenvalue weighted by molar-refractivity contribution is 7.92. The summed E-state index contributed by atoms with van der Waals surface area (Å²) in [6, 6.07) is 6.50. The highest BCUT2D eigenvalue weighted by Gasteiger charge is 2.24. The molecule has 8 nitrogen and oxygen atoms in total. The number of carbonyl (C=O) groups is 1. The Morgan fingerprint density at radius 3 is 2.88 bits per heavy atom. The Morgan fingerprint density at radius 1 is 1.35 bits per heavy atom. The molecule has 2 N–H and O–H groups in total. The molecule has 1 aliphatic heterocycles. The van der Waals surface area contributed by atoms with Gasteiger partial charge in [0.05, 0.1) is 18.3 Å². The van der Waals surface area contributed by atoms with Crippen molar-refractivity contribution in [3.63, 3.8) is 0 Å². The summed E-state index contributed by atoms with van der Waals surface area (Å²) < 4.78 is 27.1. The minimum absolute atomic E-state index is 0.170. The molecule has 2 aromatic rings. The summed E-state index contributed by atoms with van der Waals surface area (Å²) in [6.45, 7) is 2.25. The van der Waals surface area contributed by atoms with E-state index >= 15 is 0 Å². The maximum Gasteiger partial charge on any atom is 0.321 e. The molecule has 1 aromatic carbocycles. The van der Waals surface area contributed by atoms with Gasteiger partial charge in [-0.25, -0.2) is 18.2 Å². The summed E-state index contributed by atoms with van der Waals surface area (Å²) >= 11 is 0. The Balaban J connectivity index is 1.59. The third-order valence-electron chi connectivity index (χ3n) is 4.25. The number of piperidine rings is 1. The molecule has 140 valence electrons. The Hall–Kier alpha value is -2.55. The molecule has 1 saturated heterocycles. The van der Waals surface area contributed by atoms with Crippen molar-refractivity contribution in [3.8, 4) is 0 Å². The fourth-order valence-corrected chi connectivity index (χ4v) is 3.72. The third-order valence-corrected chi connectivity index (χ3v) is 4.86.